The smallest absolute Gasteiger partial charge is 0.249 e. The number of ketones is 1. The molecule has 34 heavy (non-hydrogen) atoms. The molecule has 1 aliphatic rings. The number of fused-ring (bicyclic) bond motifs is 3. The first-order valence-electron chi connectivity index (χ1n) is 10.7. The van der Waals surface area contributed by atoms with Gasteiger partial charge in [-0.15, -0.1) is 0 Å². The number of nitriles is 1. The van der Waals surface area contributed by atoms with Gasteiger partial charge < -0.3 is 10.1 Å². The highest BCUT2D eigenvalue weighted by Crippen LogP contribution is 2.40. The van der Waals surface area contributed by atoms with Gasteiger partial charge >= 0.3 is 0 Å². The van der Waals surface area contributed by atoms with Gasteiger partial charge in [-0.05, 0) is 42.0 Å². The summed E-state index contributed by atoms with van der Waals surface area (Å²) in [5.41, 5.74) is 5.02. The molecule has 0 saturated heterocycles. The number of para-hydroxylation sites is 1. The fourth-order valence-corrected chi connectivity index (χ4v) is 4.21. The monoisotopic (exact) mass is 448 g/mol. The number of nitrogens with one attached hydrogen (secondary N) is 1. The van der Waals surface area contributed by atoms with Crippen LogP contribution in [0, 0.1) is 17.2 Å². The van der Waals surface area contributed by atoms with Gasteiger partial charge in [-0.25, -0.2) is 4.68 Å². The first-order chi connectivity index (χ1) is 16.6. The van der Waals surface area contributed by atoms with Crippen molar-refractivity contribution in [3.8, 4) is 28.8 Å². The van der Waals surface area contributed by atoms with E-state index in [-0.39, 0.29) is 5.69 Å². The number of hydrogen-bond acceptors (Lipinski definition) is 5. The molecular weight excluding hydrogens is 428 g/mol. The third kappa shape index (κ3) is 3.61. The van der Waals surface area contributed by atoms with Crippen molar-refractivity contribution in [3.63, 3.8) is 0 Å². The number of Topliss-reactive ketones (excluding diaryl/α,β-unsaturated/α-hetero) is 1. The van der Waals surface area contributed by atoms with Crippen LogP contribution >= 0.6 is 0 Å². The zero-order valence-electron chi connectivity index (χ0n) is 18.4. The molecule has 0 fully saturated rings. The Morgan fingerprint density at radius 3 is 2.44 bits per heavy atom. The van der Waals surface area contributed by atoms with Crippen LogP contribution in [-0.2, 0) is 11.2 Å². The van der Waals surface area contributed by atoms with Gasteiger partial charge in [0, 0.05) is 23.2 Å². The molecule has 0 saturated carbocycles. The Bertz CT molecular complexity index is 1430. The van der Waals surface area contributed by atoms with E-state index < -0.39 is 17.6 Å². The first-order valence-corrected chi connectivity index (χ1v) is 10.7. The Kier molecular flexibility index (Phi) is 5.40. The van der Waals surface area contributed by atoms with Crippen LogP contribution in [-0.4, -0.2) is 28.6 Å². The van der Waals surface area contributed by atoms with E-state index in [2.05, 4.69) is 10.4 Å². The minimum absolute atomic E-state index is 0.145. The summed E-state index contributed by atoms with van der Waals surface area (Å²) >= 11 is 0. The summed E-state index contributed by atoms with van der Waals surface area (Å²) in [5.74, 6) is -2.22. The molecule has 0 radical (unpaired) electrons. The van der Waals surface area contributed by atoms with Gasteiger partial charge in [-0.2, -0.15) is 10.4 Å². The van der Waals surface area contributed by atoms with Gasteiger partial charge in [0.25, 0.3) is 0 Å². The standard InChI is InChI=1S/C27H20N4O3/c1-34-20-13-11-18(12-14-20)29-27(33)23(16-28)26(32)24-22-15-17-7-5-6-10-21(17)25(22)31(30-24)19-8-3-2-4-9-19/h2-14,23H,15H2,1H3,(H,29,33). The van der Waals surface area contributed by atoms with Crippen LogP contribution in [0.25, 0.3) is 16.9 Å². The van der Waals surface area contributed by atoms with Gasteiger partial charge in [0.15, 0.2) is 5.92 Å². The molecule has 0 spiro atoms. The second-order valence-corrected chi connectivity index (χ2v) is 7.90. The largest absolute Gasteiger partial charge is 0.497 e. The van der Waals surface area contributed by atoms with Crippen molar-refractivity contribution >= 4 is 17.4 Å². The fraction of sp³-hybridized carbons (Fsp3) is 0.111. The van der Waals surface area contributed by atoms with Gasteiger partial charge in [0.05, 0.1) is 24.6 Å². The van der Waals surface area contributed by atoms with E-state index in [4.69, 9.17) is 4.74 Å². The number of hydrogen-bond donors (Lipinski definition) is 1. The maximum absolute atomic E-state index is 13.5. The van der Waals surface area contributed by atoms with Crippen molar-refractivity contribution < 1.29 is 14.3 Å². The van der Waals surface area contributed by atoms with E-state index in [1.54, 1.807) is 36.1 Å². The van der Waals surface area contributed by atoms with E-state index in [1.165, 1.54) is 0 Å². The minimum Gasteiger partial charge on any atom is -0.497 e. The summed E-state index contributed by atoms with van der Waals surface area (Å²) in [5, 5.41) is 17.0. The lowest BCUT2D eigenvalue weighted by atomic mass is 9.98. The number of aromatic nitrogens is 2. The van der Waals surface area contributed by atoms with Gasteiger partial charge in [0.1, 0.15) is 11.4 Å². The molecule has 0 bridgehead atoms. The molecule has 166 valence electrons. The summed E-state index contributed by atoms with van der Waals surface area (Å²) in [6, 6.07) is 25.9. The maximum atomic E-state index is 13.5. The van der Waals surface area contributed by atoms with E-state index in [1.807, 2.05) is 60.7 Å². The molecule has 7 heteroatoms. The number of ether oxygens (including phenoxy) is 1. The van der Waals surface area contributed by atoms with Gasteiger partial charge in [0.2, 0.25) is 11.7 Å². The summed E-state index contributed by atoms with van der Waals surface area (Å²) in [6.07, 6.45) is 0.512. The van der Waals surface area contributed by atoms with Crippen LogP contribution in [0.3, 0.4) is 0 Å². The van der Waals surface area contributed by atoms with E-state index in [0.29, 0.717) is 17.9 Å². The van der Waals surface area contributed by atoms with E-state index in [0.717, 1.165) is 28.1 Å². The van der Waals surface area contributed by atoms with Gasteiger partial charge in [-0.3, -0.25) is 9.59 Å². The SMILES string of the molecule is COc1ccc(NC(=O)C(C#N)C(=O)c2nn(-c3ccccc3)c3c2Cc2ccccc2-3)cc1. The molecule has 1 aliphatic carbocycles. The summed E-state index contributed by atoms with van der Waals surface area (Å²) in [6.45, 7) is 0. The Morgan fingerprint density at radius 1 is 1.03 bits per heavy atom. The highest BCUT2D eigenvalue weighted by atomic mass is 16.5. The zero-order valence-corrected chi connectivity index (χ0v) is 18.4. The van der Waals surface area contributed by atoms with Crippen LogP contribution in [0.15, 0.2) is 78.9 Å². The lowest BCUT2D eigenvalue weighted by molar-refractivity contribution is -0.117. The Balaban J connectivity index is 1.52. The molecule has 1 unspecified atom stereocenters. The number of carbonyl (C=O) groups excluding carboxylic acids is 2. The van der Waals surface area contributed by atoms with Crippen molar-refractivity contribution in [1.29, 1.82) is 5.26 Å². The van der Waals surface area contributed by atoms with E-state index >= 15 is 0 Å². The number of rotatable bonds is 6. The van der Waals surface area contributed by atoms with E-state index in [9.17, 15) is 14.9 Å². The van der Waals surface area contributed by atoms with Gasteiger partial charge in [-0.1, -0.05) is 42.5 Å². The molecule has 4 aromatic rings. The molecule has 1 N–H and O–H groups in total. The van der Waals surface area contributed by atoms with Crippen LogP contribution in [0.2, 0.25) is 0 Å². The third-order valence-electron chi connectivity index (χ3n) is 5.87. The molecule has 7 nitrogen and oxygen atoms in total. The van der Waals surface area contributed by atoms with Crippen LogP contribution in [0.4, 0.5) is 5.69 Å². The lowest BCUT2D eigenvalue weighted by Gasteiger charge is -2.10. The average Bonchev–Trinajstić information content (AvgIpc) is 3.43. The van der Waals surface area contributed by atoms with Crippen LogP contribution in [0.1, 0.15) is 21.6 Å². The van der Waals surface area contributed by atoms with Crippen molar-refractivity contribution in [2.24, 2.45) is 5.92 Å². The summed E-state index contributed by atoms with van der Waals surface area (Å²) < 4.78 is 6.84. The Hall–Kier alpha value is -4.70. The van der Waals surface area contributed by atoms with Crippen LogP contribution in [0.5, 0.6) is 5.75 Å². The first kappa shape index (κ1) is 21.2. The Labute approximate surface area is 196 Å². The fourth-order valence-electron chi connectivity index (χ4n) is 4.21. The summed E-state index contributed by atoms with van der Waals surface area (Å²) in [4.78, 5) is 26.4. The highest BCUT2D eigenvalue weighted by Gasteiger charge is 2.36. The highest BCUT2D eigenvalue weighted by molar-refractivity contribution is 6.16. The molecular formula is C27H20N4O3. The maximum Gasteiger partial charge on any atom is 0.249 e. The molecule has 1 atom stereocenters. The summed E-state index contributed by atoms with van der Waals surface area (Å²) in [7, 11) is 1.54. The minimum atomic E-state index is -1.53. The second kappa shape index (κ2) is 8.68. The number of carbonyl (C=O) groups is 2. The number of nitrogens with zero attached hydrogens (tertiary/aromatic N) is 3. The number of amides is 1. The third-order valence-corrected chi connectivity index (χ3v) is 5.87. The number of benzene rings is 3. The number of anilines is 1. The van der Waals surface area contributed by atoms with Crippen molar-refractivity contribution in [3.05, 3.63) is 95.7 Å². The molecule has 1 heterocycles. The molecule has 1 amide bonds. The Morgan fingerprint density at radius 2 is 1.74 bits per heavy atom. The topological polar surface area (TPSA) is 97.0 Å². The lowest BCUT2D eigenvalue weighted by Crippen LogP contribution is -2.29. The number of methoxy groups -OCH3 is 1. The van der Waals surface area contributed by atoms with Crippen LogP contribution < -0.4 is 10.1 Å². The average molecular weight is 448 g/mol. The molecule has 1 aromatic heterocycles. The molecule has 5 rings (SSSR count). The second-order valence-electron chi connectivity index (χ2n) is 7.90. The van der Waals surface area contributed by atoms with Crippen molar-refractivity contribution in [2.45, 2.75) is 6.42 Å². The molecule has 3 aromatic carbocycles. The van der Waals surface area contributed by atoms with Crippen molar-refractivity contribution in [2.75, 3.05) is 12.4 Å². The van der Waals surface area contributed by atoms with Crippen molar-refractivity contribution in [1.82, 2.24) is 9.78 Å². The molecule has 0 aliphatic heterocycles. The quantitative estimate of drug-likeness (QED) is 0.306. The predicted octanol–water partition coefficient (Wildman–Crippen LogP) is 4.41. The zero-order chi connectivity index (χ0) is 23.7. The predicted molar refractivity (Wildman–Crippen MR) is 127 cm³/mol. The normalized spacial score (nSPS) is 12.2.